The molecule has 4 nitrogen and oxygen atoms in total. The summed E-state index contributed by atoms with van der Waals surface area (Å²) in [5, 5.41) is 0. The Bertz CT molecular complexity index is 661. The summed E-state index contributed by atoms with van der Waals surface area (Å²) in [5.41, 5.74) is 0.338. The topological polar surface area (TPSA) is 26.8 Å². The number of aryl methyl sites for hydroxylation is 1. The summed E-state index contributed by atoms with van der Waals surface area (Å²) in [6, 6.07) is 4.60. The quantitative estimate of drug-likeness (QED) is 0.802. The number of rotatable bonds is 3. The van der Waals surface area contributed by atoms with E-state index in [2.05, 4.69) is 11.9 Å². The molecule has 0 aromatic heterocycles. The van der Waals surface area contributed by atoms with Crippen molar-refractivity contribution < 1.29 is 18.0 Å². The van der Waals surface area contributed by atoms with Crippen molar-refractivity contribution in [2.75, 3.05) is 51.2 Å². The second-order valence-electron chi connectivity index (χ2n) is 7.59. The number of nitrogens with zero attached hydrogens (tertiary/aromatic N) is 3. The predicted molar refractivity (Wildman–Crippen MR) is 99.8 cm³/mol. The minimum absolute atomic E-state index is 0.0577. The lowest BCUT2D eigenvalue weighted by Crippen LogP contribution is -2.51. The van der Waals surface area contributed by atoms with Gasteiger partial charge in [0, 0.05) is 37.8 Å². The lowest BCUT2D eigenvalue weighted by Gasteiger charge is -2.39. The van der Waals surface area contributed by atoms with Crippen LogP contribution in [-0.4, -0.2) is 62.0 Å². The summed E-state index contributed by atoms with van der Waals surface area (Å²) in [7, 11) is 2.06. The maximum absolute atomic E-state index is 13.5. The molecule has 2 heterocycles. The monoisotopic (exact) mass is 383 g/mol. The molecule has 0 aliphatic carbocycles. The van der Waals surface area contributed by atoms with E-state index in [9.17, 15) is 18.0 Å². The maximum Gasteiger partial charge on any atom is 0.418 e. The number of hydrogen-bond donors (Lipinski definition) is 0. The van der Waals surface area contributed by atoms with Gasteiger partial charge in [-0.15, -0.1) is 0 Å². The van der Waals surface area contributed by atoms with Crippen LogP contribution in [0, 0.1) is 5.92 Å². The first-order valence-corrected chi connectivity index (χ1v) is 9.72. The molecular weight excluding hydrogens is 355 g/mol. The van der Waals surface area contributed by atoms with Gasteiger partial charge in [-0.1, -0.05) is 13.0 Å². The molecule has 0 bridgehead atoms. The summed E-state index contributed by atoms with van der Waals surface area (Å²) in [5.74, 6) is 0.224. The van der Waals surface area contributed by atoms with Crippen LogP contribution in [0.5, 0.6) is 0 Å². The van der Waals surface area contributed by atoms with Crippen LogP contribution in [0.3, 0.4) is 0 Å². The van der Waals surface area contributed by atoms with Gasteiger partial charge in [-0.3, -0.25) is 4.79 Å². The highest BCUT2D eigenvalue weighted by atomic mass is 19.4. The van der Waals surface area contributed by atoms with Gasteiger partial charge in [0.05, 0.1) is 5.56 Å². The molecule has 2 fully saturated rings. The Morgan fingerprint density at radius 2 is 1.70 bits per heavy atom. The molecule has 0 spiro atoms. The number of likely N-dealkylation sites (tertiary alicyclic amines) is 1. The molecule has 2 saturated heterocycles. The number of halogens is 3. The van der Waals surface area contributed by atoms with Crippen LogP contribution in [0.4, 0.5) is 18.9 Å². The van der Waals surface area contributed by atoms with Gasteiger partial charge >= 0.3 is 6.18 Å². The van der Waals surface area contributed by atoms with Crippen molar-refractivity contribution in [3.63, 3.8) is 0 Å². The number of alkyl halides is 3. The van der Waals surface area contributed by atoms with Crippen molar-refractivity contribution >= 4 is 11.6 Å². The fourth-order valence-corrected chi connectivity index (χ4v) is 3.99. The number of anilines is 1. The highest BCUT2D eigenvalue weighted by Gasteiger charge is 2.36. The molecule has 0 unspecified atom stereocenters. The van der Waals surface area contributed by atoms with Crippen molar-refractivity contribution in [1.29, 1.82) is 0 Å². The van der Waals surface area contributed by atoms with Gasteiger partial charge in [0.25, 0.3) is 0 Å². The lowest BCUT2D eigenvalue weighted by atomic mass is 9.95. The normalized spacial score (nSPS) is 20.2. The Hall–Kier alpha value is -1.76. The molecule has 7 heteroatoms. The smallest absolute Gasteiger partial charge is 0.367 e. The molecule has 0 saturated carbocycles. The van der Waals surface area contributed by atoms with Gasteiger partial charge < -0.3 is 14.7 Å². The molecule has 0 atom stereocenters. The summed E-state index contributed by atoms with van der Waals surface area (Å²) < 4.78 is 40.5. The number of hydrogen-bond acceptors (Lipinski definition) is 3. The van der Waals surface area contributed by atoms with Crippen LogP contribution in [0.25, 0.3) is 0 Å². The molecule has 1 aromatic rings. The minimum Gasteiger partial charge on any atom is -0.367 e. The zero-order valence-electron chi connectivity index (χ0n) is 16.1. The number of piperazine rings is 1. The van der Waals surface area contributed by atoms with E-state index in [-0.39, 0.29) is 17.5 Å². The molecule has 2 aliphatic rings. The first-order chi connectivity index (χ1) is 12.8. The van der Waals surface area contributed by atoms with E-state index >= 15 is 0 Å². The first-order valence-electron chi connectivity index (χ1n) is 9.72. The Labute approximate surface area is 158 Å². The second-order valence-corrected chi connectivity index (χ2v) is 7.59. The Morgan fingerprint density at radius 3 is 2.26 bits per heavy atom. The van der Waals surface area contributed by atoms with Gasteiger partial charge in [-0.2, -0.15) is 13.2 Å². The Kier molecular flexibility index (Phi) is 5.99. The number of carbonyl (C=O) groups excluding carboxylic acids is 1. The number of amides is 1. The highest BCUT2D eigenvalue weighted by molar-refractivity contribution is 5.79. The molecule has 1 amide bonds. The van der Waals surface area contributed by atoms with E-state index in [0.29, 0.717) is 38.2 Å². The Balaban J connectivity index is 1.66. The van der Waals surface area contributed by atoms with Crippen molar-refractivity contribution in [3.8, 4) is 0 Å². The molecule has 1 aromatic carbocycles. The largest absolute Gasteiger partial charge is 0.418 e. The standard InChI is InChI=1S/C20H28F3N3O/c1-3-15-4-5-18(17(14-15)20(21,22)23)25-10-12-26(13-11-25)19(27)16-6-8-24(2)9-7-16/h4-5,14,16H,3,6-13H2,1-2H3. The fraction of sp³-hybridized carbons (Fsp3) is 0.650. The summed E-state index contributed by atoms with van der Waals surface area (Å²) >= 11 is 0. The van der Waals surface area contributed by atoms with E-state index < -0.39 is 11.7 Å². The third-order valence-electron chi connectivity index (χ3n) is 5.77. The van der Waals surface area contributed by atoms with Crippen LogP contribution >= 0.6 is 0 Å². The third kappa shape index (κ3) is 4.57. The highest BCUT2D eigenvalue weighted by Crippen LogP contribution is 2.37. The van der Waals surface area contributed by atoms with Crippen LogP contribution in [0.15, 0.2) is 18.2 Å². The first kappa shape index (κ1) is 20.0. The molecule has 27 heavy (non-hydrogen) atoms. The van der Waals surface area contributed by atoms with Gasteiger partial charge in [0.2, 0.25) is 5.91 Å². The lowest BCUT2D eigenvalue weighted by molar-refractivity contribution is -0.138. The van der Waals surface area contributed by atoms with Crippen molar-refractivity contribution in [2.45, 2.75) is 32.4 Å². The summed E-state index contributed by atoms with van der Waals surface area (Å²) in [4.78, 5) is 18.5. The molecule has 2 aliphatic heterocycles. The predicted octanol–water partition coefficient (Wildman–Crippen LogP) is 3.26. The van der Waals surface area contributed by atoms with Crippen LogP contribution in [-0.2, 0) is 17.4 Å². The van der Waals surface area contributed by atoms with Crippen LogP contribution in [0.2, 0.25) is 0 Å². The average molecular weight is 383 g/mol. The van der Waals surface area contributed by atoms with Crippen LogP contribution in [0.1, 0.15) is 30.9 Å². The third-order valence-corrected chi connectivity index (χ3v) is 5.77. The summed E-state index contributed by atoms with van der Waals surface area (Å²) in [6.45, 7) is 5.54. The average Bonchev–Trinajstić information content (AvgIpc) is 2.67. The van der Waals surface area contributed by atoms with Gasteiger partial charge in [0.15, 0.2) is 0 Å². The van der Waals surface area contributed by atoms with Crippen molar-refractivity contribution in [1.82, 2.24) is 9.80 Å². The summed E-state index contributed by atoms with van der Waals surface area (Å²) in [6.07, 6.45) is -2.07. The van der Waals surface area contributed by atoms with E-state index in [1.165, 1.54) is 6.07 Å². The van der Waals surface area contributed by atoms with E-state index in [1.54, 1.807) is 17.0 Å². The van der Waals surface area contributed by atoms with Crippen molar-refractivity contribution in [3.05, 3.63) is 29.3 Å². The molecule has 0 N–H and O–H groups in total. The van der Waals surface area contributed by atoms with Gasteiger partial charge in [-0.05, 0) is 57.1 Å². The maximum atomic E-state index is 13.5. The minimum atomic E-state index is -4.37. The zero-order chi connectivity index (χ0) is 19.6. The van der Waals surface area contributed by atoms with E-state index in [0.717, 1.165) is 25.9 Å². The van der Waals surface area contributed by atoms with Crippen molar-refractivity contribution in [2.24, 2.45) is 5.92 Å². The van der Waals surface area contributed by atoms with Gasteiger partial charge in [0.1, 0.15) is 0 Å². The number of carbonyl (C=O) groups is 1. The second kappa shape index (κ2) is 8.09. The zero-order valence-corrected chi connectivity index (χ0v) is 16.1. The molecule has 0 radical (unpaired) electrons. The van der Waals surface area contributed by atoms with E-state index in [1.807, 2.05) is 11.8 Å². The SMILES string of the molecule is CCc1ccc(N2CCN(C(=O)C3CCN(C)CC3)CC2)c(C(F)(F)F)c1. The fourth-order valence-electron chi connectivity index (χ4n) is 3.99. The molecule has 150 valence electrons. The molecule has 3 rings (SSSR count). The number of piperidine rings is 1. The van der Waals surface area contributed by atoms with E-state index in [4.69, 9.17) is 0 Å². The number of benzene rings is 1. The van der Waals surface area contributed by atoms with Gasteiger partial charge in [-0.25, -0.2) is 0 Å². The Morgan fingerprint density at radius 1 is 1.07 bits per heavy atom. The van der Waals surface area contributed by atoms with Crippen LogP contribution < -0.4 is 4.90 Å². The molecular formula is C20H28F3N3O.